The SMILES string of the molecule is CC(C)(C)OC(=O)Nc1ncc(-c2ccc(Br)cc2)[nH]1. The summed E-state index contributed by atoms with van der Waals surface area (Å²) < 4.78 is 6.16. The van der Waals surface area contributed by atoms with E-state index in [0.29, 0.717) is 5.95 Å². The van der Waals surface area contributed by atoms with E-state index in [-0.39, 0.29) is 0 Å². The Morgan fingerprint density at radius 3 is 2.55 bits per heavy atom. The van der Waals surface area contributed by atoms with Gasteiger partial charge in [0.15, 0.2) is 0 Å². The van der Waals surface area contributed by atoms with Gasteiger partial charge in [0, 0.05) is 4.47 Å². The third-order valence-electron chi connectivity index (χ3n) is 2.35. The number of carbonyl (C=O) groups is 1. The lowest BCUT2D eigenvalue weighted by Gasteiger charge is -2.18. The molecule has 0 bridgehead atoms. The van der Waals surface area contributed by atoms with Crippen molar-refractivity contribution in [2.24, 2.45) is 0 Å². The first-order chi connectivity index (χ1) is 9.33. The number of ether oxygens (including phenoxy) is 1. The first-order valence-electron chi connectivity index (χ1n) is 6.14. The summed E-state index contributed by atoms with van der Waals surface area (Å²) in [6, 6.07) is 7.79. The monoisotopic (exact) mass is 337 g/mol. The van der Waals surface area contributed by atoms with Crippen LogP contribution >= 0.6 is 15.9 Å². The zero-order chi connectivity index (χ0) is 14.8. The van der Waals surface area contributed by atoms with Crippen LogP contribution in [0.1, 0.15) is 20.8 Å². The van der Waals surface area contributed by atoms with Crippen LogP contribution in [0.15, 0.2) is 34.9 Å². The minimum absolute atomic E-state index is 0.358. The predicted octanol–water partition coefficient (Wildman–Crippen LogP) is 4.19. The molecule has 2 N–H and O–H groups in total. The number of nitrogens with zero attached hydrogens (tertiary/aromatic N) is 1. The number of rotatable bonds is 2. The van der Waals surface area contributed by atoms with Crippen molar-refractivity contribution >= 4 is 28.0 Å². The van der Waals surface area contributed by atoms with E-state index in [9.17, 15) is 4.79 Å². The highest BCUT2D eigenvalue weighted by Gasteiger charge is 2.17. The van der Waals surface area contributed by atoms with E-state index < -0.39 is 11.7 Å². The van der Waals surface area contributed by atoms with Gasteiger partial charge in [-0.3, -0.25) is 5.32 Å². The number of imidazole rings is 1. The molecule has 1 heterocycles. The summed E-state index contributed by atoms with van der Waals surface area (Å²) in [5.41, 5.74) is 1.27. The van der Waals surface area contributed by atoms with Gasteiger partial charge in [-0.15, -0.1) is 0 Å². The van der Waals surface area contributed by atoms with Crippen molar-refractivity contribution in [3.8, 4) is 11.3 Å². The molecule has 0 unspecified atom stereocenters. The van der Waals surface area contributed by atoms with Gasteiger partial charge < -0.3 is 9.72 Å². The normalized spacial score (nSPS) is 11.2. The van der Waals surface area contributed by atoms with Crippen molar-refractivity contribution in [1.82, 2.24) is 9.97 Å². The van der Waals surface area contributed by atoms with Crippen molar-refractivity contribution in [2.45, 2.75) is 26.4 Å². The fourth-order valence-electron chi connectivity index (χ4n) is 1.56. The fraction of sp³-hybridized carbons (Fsp3) is 0.286. The van der Waals surface area contributed by atoms with E-state index in [0.717, 1.165) is 15.7 Å². The van der Waals surface area contributed by atoms with Crippen molar-refractivity contribution in [3.63, 3.8) is 0 Å². The zero-order valence-corrected chi connectivity index (χ0v) is 13.1. The Bertz CT molecular complexity index is 600. The van der Waals surface area contributed by atoms with Gasteiger partial charge >= 0.3 is 6.09 Å². The second-order valence-corrected chi connectivity index (χ2v) is 6.19. The smallest absolute Gasteiger partial charge is 0.414 e. The fourth-order valence-corrected chi connectivity index (χ4v) is 1.83. The molecule has 106 valence electrons. The van der Waals surface area contributed by atoms with Crippen molar-refractivity contribution in [3.05, 3.63) is 34.9 Å². The van der Waals surface area contributed by atoms with Gasteiger partial charge in [0.2, 0.25) is 5.95 Å². The number of aromatic amines is 1. The third kappa shape index (κ3) is 4.09. The number of nitrogens with one attached hydrogen (secondary N) is 2. The van der Waals surface area contributed by atoms with Crippen LogP contribution in [0.5, 0.6) is 0 Å². The maximum atomic E-state index is 11.6. The molecule has 1 aromatic heterocycles. The lowest BCUT2D eigenvalue weighted by molar-refractivity contribution is 0.0635. The molecular formula is C14H16BrN3O2. The molecule has 5 nitrogen and oxygen atoms in total. The van der Waals surface area contributed by atoms with Gasteiger partial charge in [-0.05, 0) is 38.5 Å². The van der Waals surface area contributed by atoms with Crippen molar-refractivity contribution in [1.29, 1.82) is 0 Å². The molecule has 0 aliphatic rings. The Kier molecular flexibility index (Phi) is 4.13. The maximum absolute atomic E-state index is 11.6. The van der Waals surface area contributed by atoms with E-state index in [1.807, 2.05) is 45.0 Å². The summed E-state index contributed by atoms with van der Waals surface area (Å²) in [6.07, 6.45) is 1.13. The van der Waals surface area contributed by atoms with Crippen molar-refractivity contribution < 1.29 is 9.53 Å². The Labute approximate surface area is 125 Å². The Morgan fingerprint density at radius 1 is 1.30 bits per heavy atom. The Hall–Kier alpha value is -1.82. The highest BCUT2D eigenvalue weighted by molar-refractivity contribution is 9.10. The number of amides is 1. The predicted molar refractivity (Wildman–Crippen MR) is 81.6 cm³/mol. The molecule has 0 spiro atoms. The topological polar surface area (TPSA) is 67.0 Å². The van der Waals surface area contributed by atoms with Crippen LogP contribution in [0, 0.1) is 0 Å². The number of carbonyl (C=O) groups excluding carboxylic acids is 1. The highest BCUT2D eigenvalue weighted by Crippen LogP contribution is 2.21. The summed E-state index contributed by atoms with van der Waals surface area (Å²) in [7, 11) is 0. The minimum atomic E-state index is -0.536. The van der Waals surface area contributed by atoms with Gasteiger partial charge in [-0.2, -0.15) is 0 Å². The number of hydrogen-bond donors (Lipinski definition) is 2. The molecule has 20 heavy (non-hydrogen) atoms. The van der Waals surface area contributed by atoms with Crippen LogP contribution in [0.2, 0.25) is 0 Å². The number of hydrogen-bond acceptors (Lipinski definition) is 3. The lowest BCUT2D eigenvalue weighted by atomic mass is 10.2. The summed E-state index contributed by atoms with van der Waals surface area (Å²) >= 11 is 3.38. The van der Waals surface area contributed by atoms with Gasteiger partial charge in [-0.1, -0.05) is 28.1 Å². The quantitative estimate of drug-likeness (QED) is 0.863. The highest BCUT2D eigenvalue weighted by atomic mass is 79.9. The Morgan fingerprint density at radius 2 is 1.95 bits per heavy atom. The number of benzene rings is 1. The zero-order valence-electron chi connectivity index (χ0n) is 11.5. The molecule has 1 aromatic carbocycles. The molecule has 0 saturated heterocycles. The average Bonchev–Trinajstić information content (AvgIpc) is 2.75. The molecule has 0 aliphatic heterocycles. The lowest BCUT2D eigenvalue weighted by Crippen LogP contribution is -2.27. The van der Waals surface area contributed by atoms with E-state index in [1.165, 1.54) is 0 Å². The largest absolute Gasteiger partial charge is 0.444 e. The Balaban J connectivity index is 2.06. The summed E-state index contributed by atoms with van der Waals surface area (Å²) in [5, 5.41) is 2.56. The second-order valence-electron chi connectivity index (χ2n) is 5.28. The molecule has 1 amide bonds. The molecule has 0 atom stereocenters. The van der Waals surface area contributed by atoms with Crippen LogP contribution in [0.25, 0.3) is 11.3 Å². The summed E-state index contributed by atoms with van der Waals surface area (Å²) in [5.74, 6) is 0.358. The molecule has 2 rings (SSSR count). The van der Waals surface area contributed by atoms with Crippen LogP contribution in [0.3, 0.4) is 0 Å². The number of anilines is 1. The first-order valence-corrected chi connectivity index (χ1v) is 6.94. The summed E-state index contributed by atoms with van der Waals surface area (Å²) in [6.45, 7) is 5.42. The van der Waals surface area contributed by atoms with Crippen LogP contribution in [-0.4, -0.2) is 21.7 Å². The molecule has 0 aliphatic carbocycles. The average molecular weight is 338 g/mol. The summed E-state index contributed by atoms with van der Waals surface area (Å²) in [4.78, 5) is 18.8. The van der Waals surface area contributed by atoms with E-state index in [2.05, 4.69) is 31.2 Å². The minimum Gasteiger partial charge on any atom is -0.444 e. The third-order valence-corrected chi connectivity index (χ3v) is 2.88. The molecule has 0 saturated carbocycles. The number of H-pyrrole nitrogens is 1. The van der Waals surface area contributed by atoms with Gasteiger partial charge in [0.05, 0.1) is 11.9 Å². The molecule has 0 radical (unpaired) electrons. The number of aromatic nitrogens is 2. The van der Waals surface area contributed by atoms with Crippen LogP contribution in [0.4, 0.5) is 10.7 Å². The van der Waals surface area contributed by atoms with E-state index >= 15 is 0 Å². The molecular weight excluding hydrogens is 322 g/mol. The van der Waals surface area contributed by atoms with Crippen molar-refractivity contribution in [2.75, 3.05) is 5.32 Å². The standard InChI is InChI=1S/C14H16BrN3O2/c1-14(2,3)20-13(19)18-12-16-8-11(17-12)9-4-6-10(15)7-5-9/h4-8H,1-3H3,(H2,16,17,18,19). The van der Waals surface area contributed by atoms with Crippen LogP contribution < -0.4 is 5.32 Å². The number of halogens is 1. The van der Waals surface area contributed by atoms with Gasteiger partial charge in [-0.25, -0.2) is 9.78 Å². The van der Waals surface area contributed by atoms with Crippen LogP contribution in [-0.2, 0) is 4.74 Å². The molecule has 6 heteroatoms. The van der Waals surface area contributed by atoms with Gasteiger partial charge in [0.1, 0.15) is 5.60 Å². The first kappa shape index (κ1) is 14.6. The maximum Gasteiger partial charge on any atom is 0.414 e. The molecule has 0 fully saturated rings. The molecule has 2 aromatic rings. The second kappa shape index (κ2) is 5.66. The van der Waals surface area contributed by atoms with Gasteiger partial charge in [0.25, 0.3) is 0 Å². The van der Waals surface area contributed by atoms with E-state index in [4.69, 9.17) is 4.74 Å². The van der Waals surface area contributed by atoms with E-state index in [1.54, 1.807) is 6.20 Å².